The molecule has 34 heavy (non-hydrogen) atoms. The van der Waals surface area contributed by atoms with Crippen molar-refractivity contribution in [1.82, 2.24) is 5.32 Å². The van der Waals surface area contributed by atoms with Crippen LogP contribution in [0.5, 0.6) is 0 Å². The fourth-order valence-electron chi connectivity index (χ4n) is 3.84. The Hall–Kier alpha value is -3.82. The quantitative estimate of drug-likeness (QED) is 0.407. The summed E-state index contributed by atoms with van der Waals surface area (Å²) in [5.41, 5.74) is 4.75. The highest BCUT2D eigenvalue weighted by atomic mass is 32.2. The van der Waals surface area contributed by atoms with Gasteiger partial charge in [0.2, 0.25) is 5.91 Å². The van der Waals surface area contributed by atoms with Crippen LogP contribution in [0.25, 0.3) is 0 Å². The van der Waals surface area contributed by atoms with Gasteiger partial charge >= 0.3 is 0 Å². The minimum absolute atomic E-state index is 0.0541. The first-order chi connectivity index (χ1) is 16.5. The molecule has 0 saturated carbocycles. The second kappa shape index (κ2) is 10.4. The predicted molar refractivity (Wildman–Crippen MR) is 136 cm³/mol. The van der Waals surface area contributed by atoms with Crippen molar-refractivity contribution >= 4 is 29.3 Å². The van der Waals surface area contributed by atoms with Gasteiger partial charge in [-0.25, -0.2) is 0 Å². The summed E-state index contributed by atoms with van der Waals surface area (Å²) in [6.45, 7) is 4.29. The molecule has 4 rings (SSSR count). The molecule has 0 aliphatic carbocycles. The molecule has 5 nitrogen and oxygen atoms in total. The summed E-state index contributed by atoms with van der Waals surface area (Å²) in [5, 5.41) is 12.7. The Morgan fingerprint density at radius 3 is 2.35 bits per heavy atom. The van der Waals surface area contributed by atoms with E-state index in [0.717, 1.165) is 22.3 Å². The topological polar surface area (TPSA) is 73.2 Å². The highest BCUT2D eigenvalue weighted by Gasteiger charge is 2.40. The van der Waals surface area contributed by atoms with Gasteiger partial charge in [0.25, 0.3) is 5.91 Å². The predicted octanol–water partition coefficient (Wildman–Crippen LogP) is 5.05. The standard InChI is InChI=1S/C28H25N3O2S/c1-19-11-13-23(14-12-19)31-27(33)25(16-22-10-6-7-20(2)15-22)34-28(31)24(17-29)26(32)30-18-21-8-4-3-5-9-21/h3-15,25H,16,18H2,1-2H3,(H,30,32)/b28-24+/t25-/m0/s1. The second-order valence-corrected chi connectivity index (χ2v) is 9.46. The number of anilines is 1. The molecule has 1 atom stereocenters. The molecule has 2 amide bonds. The van der Waals surface area contributed by atoms with Crippen LogP contribution in [0.15, 0.2) is 89.5 Å². The Morgan fingerprint density at radius 2 is 1.68 bits per heavy atom. The zero-order chi connectivity index (χ0) is 24.1. The molecule has 3 aromatic rings. The van der Waals surface area contributed by atoms with Crippen LogP contribution < -0.4 is 10.2 Å². The number of nitriles is 1. The average molecular weight is 468 g/mol. The summed E-state index contributed by atoms with van der Waals surface area (Å²) < 4.78 is 0. The Morgan fingerprint density at radius 1 is 0.971 bits per heavy atom. The number of carbonyl (C=O) groups excluding carboxylic acids is 2. The lowest BCUT2D eigenvalue weighted by molar-refractivity contribution is -0.117. The SMILES string of the molecule is Cc1ccc(N2C(=O)[C@H](Cc3cccc(C)c3)S/C2=C(\C#N)C(=O)NCc2ccccc2)cc1. The smallest absolute Gasteiger partial charge is 0.264 e. The molecule has 1 fully saturated rings. The molecular formula is C28H25N3O2S. The van der Waals surface area contributed by atoms with Gasteiger partial charge in [0.15, 0.2) is 0 Å². The monoisotopic (exact) mass is 467 g/mol. The third-order valence-electron chi connectivity index (χ3n) is 5.60. The molecule has 1 heterocycles. The number of rotatable bonds is 6. The Balaban J connectivity index is 1.67. The number of carbonyl (C=O) groups is 2. The van der Waals surface area contributed by atoms with E-state index in [9.17, 15) is 14.9 Å². The largest absolute Gasteiger partial charge is 0.347 e. The molecule has 0 aromatic heterocycles. The van der Waals surface area contributed by atoms with Crippen LogP contribution in [-0.2, 0) is 22.6 Å². The molecule has 6 heteroatoms. The highest BCUT2D eigenvalue weighted by molar-refractivity contribution is 8.05. The Labute approximate surface area is 204 Å². The van der Waals surface area contributed by atoms with Gasteiger partial charge in [-0.3, -0.25) is 14.5 Å². The lowest BCUT2D eigenvalue weighted by Crippen LogP contribution is -2.32. The first kappa shape index (κ1) is 23.3. The normalized spacial score (nSPS) is 16.8. The second-order valence-electron chi connectivity index (χ2n) is 8.27. The van der Waals surface area contributed by atoms with E-state index in [1.54, 1.807) is 0 Å². The van der Waals surface area contributed by atoms with E-state index < -0.39 is 11.2 Å². The molecular weight excluding hydrogens is 442 g/mol. The molecule has 0 radical (unpaired) electrons. The molecule has 0 bridgehead atoms. The number of aryl methyl sites for hydroxylation is 2. The van der Waals surface area contributed by atoms with E-state index in [4.69, 9.17) is 0 Å². The number of nitrogens with zero attached hydrogens (tertiary/aromatic N) is 2. The zero-order valence-corrected chi connectivity index (χ0v) is 19.9. The van der Waals surface area contributed by atoms with Crippen molar-refractivity contribution in [2.24, 2.45) is 0 Å². The number of thioether (sulfide) groups is 1. The van der Waals surface area contributed by atoms with Gasteiger partial charge < -0.3 is 5.32 Å². The average Bonchev–Trinajstić information content (AvgIpc) is 3.15. The third kappa shape index (κ3) is 5.22. The number of amides is 2. The van der Waals surface area contributed by atoms with Crippen LogP contribution in [0.3, 0.4) is 0 Å². The molecule has 1 N–H and O–H groups in total. The minimum atomic E-state index is -0.491. The number of hydrogen-bond acceptors (Lipinski definition) is 4. The summed E-state index contributed by atoms with van der Waals surface area (Å²) in [7, 11) is 0. The fraction of sp³-hybridized carbons (Fsp3) is 0.179. The first-order valence-corrected chi connectivity index (χ1v) is 11.9. The molecule has 170 valence electrons. The summed E-state index contributed by atoms with van der Waals surface area (Å²) in [6.07, 6.45) is 0.515. The maximum Gasteiger partial charge on any atom is 0.264 e. The molecule has 0 unspecified atom stereocenters. The zero-order valence-electron chi connectivity index (χ0n) is 19.1. The fourth-order valence-corrected chi connectivity index (χ4v) is 5.14. The number of benzene rings is 3. The first-order valence-electron chi connectivity index (χ1n) is 11.1. The molecule has 1 aliphatic rings. The van der Waals surface area contributed by atoms with Gasteiger partial charge in [-0.2, -0.15) is 5.26 Å². The van der Waals surface area contributed by atoms with Crippen molar-refractivity contribution in [3.05, 3.63) is 112 Å². The highest BCUT2D eigenvalue weighted by Crippen LogP contribution is 2.42. The van der Waals surface area contributed by atoms with Crippen molar-refractivity contribution in [1.29, 1.82) is 5.26 Å². The van der Waals surface area contributed by atoms with Gasteiger partial charge in [-0.15, -0.1) is 0 Å². The van der Waals surface area contributed by atoms with Crippen molar-refractivity contribution in [3.8, 4) is 6.07 Å². The van der Waals surface area contributed by atoms with Crippen LogP contribution in [-0.4, -0.2) is 17.1 Å². The lowest BCUT2D eigenvalue weighted by Gasteiger charge is -2.19. The van der Waals surface area contributed by atoms with Crippen LogP contribution in [0, 0.1) is 25.2 Å². The number of hydrogen-bond donors (Lipinski definition) is 1. The van der Waals surface area contributed by atoms with E-state index >= 15 is 0 Å². The number of nitrogens with one attached hydrogen (secondary N) is 1. The van der Waals surface area contributed by atoms with Gasteiger partial charge in [0, 0.05) is 12.2 Å². The lowest BCUT2D eigenvalue weighted by atomic mass is 10.1. The molecule has 0 spiro atoms. The van der Waals surface area contributed by atoms with Crippen molar-refractivity contribution in [2.45, 2.75) is 32.1 Å². The maximum absolute atomic E-state index is 13.5. The van der Waals surface area contributed by atoms with Crippen LogP contribution >= 0.6 is 11.8 Å². The molecule has 1 saturated heterocycles. The van der Waals surface area contributed by atoms with E-state index in [-0.39, 0.29) is 11.5 Å². The van der Waals surface area contributed by atoms with Gasteiger partial charge in [-0.05, 0) is 43.5 Å². The summed E-state index contributed by atoms with van der Waals surface area (Å²) >= 11 is 1.28. The van der Waals surface area contributed by atoms with Crippen molar-refractivity contribution < 1.29 is 9.59 Å². The molecule has 3 aromatic carbocycles. The minimum Gasteiger partial charge on any atom is -0.347 e. The van der Waals surface area contributed by atoms with Gasteiger partial charge in [0.1, 0.15) is 16.7 Å². The summed E-state index contributed by atoms with van der Waals surface area (Å²) in [4.78, 5) is 28.1. The summed E-state index contributed by atoms with van der Waals surface area (Å²) in [5.74, 6) is -0.621. The van der Waals surface area contributed by atoms with E-state index in [1.165, 1.54) is 16.7 Å². The van der Waals surface area contributed by atoms with E-state index in [1.807, 2.05) is 86.6 Å². The van der Waals surface area contributed by atoms with Gasteiger partial charge in [-0.1, -0.05) is 89.6 Å². The third-order valence-corrected chi connectivity index (χ3v) is 6.86. The maximum atomic E-state index is 13.5. The van der Waals surface area contributed by atoms with Gasteiger partial charge in [0.05, 0.1) is 5.25 Å². The van der Waals surface area contributed by atoms with Crippen LogP contribution in [0.1, 0.15) is 22.3 Å². The van der Waals surface area contributed by atoms with Crippen LogP contribution in [0.2, 0.25) is 0 Å². The Bertz CT molecular complexity index is 1280. The van der Waals surface area contributed by atoms with Crippen molar-refractivity contribution in [3.63, 3.8) is 0 Å². The summed E-state index contributed by atoms with van der Waals surface area (Å²) in [6, 6.07) is 27.1. The van der Waals surface area contributed by atoms with Crippen molar-refractivity contribution in [2.75, 3.05) is 4.90 Å². The Kier molecular flexibility index (Phi) is 7.15. The van der Waals surface area contributed by atoms with Crippen LogP contribution in [0.4, 0.5) is 5.69 Å². The molecule has 1 aliphatic heterocycles. The van der Waals surface area contributed by atoms with E-state index in [0.29, 0.717) is 23.7 Å². The van der Waals surface area contributed by atoms with E-state index in [2.05, 4.69) is 17.5 Å².